The lowest BCUT2D eigenvalue weighted by Crippen LogP contribution is -2.12. The molecular weight excluding hydrogens is 190 g/mol. The monoisotopic (exact) mass is 203 g/mol. The predicted octanol–water partition coefficient (Wildman–Crippen LogP) is 0.404. The standard InChI is InChI=1S/C7H13N3O2S/c1-6(2)10-7(8-5-9-10)4-13(3,11)12/h5-6H,4H2,1-3H3. The van der Waals surface area contributed by atoms with Crippen LogP contribution in [-0.4, -0.2) is 29.4 Å². The van der Waals surface area contributed by atoms with Crippen LogP contribution in [0.1, 0.15) is 25.7 Å². The van der Waals surface area contributed by atoms with Crippen LogP contribution in [0.3, 0.4) is 0 Å². The van der Waals surface area contributed by atoms with Gasteiger partial charge in [-0.2, -0.15) is 5.10 Å². The Morgan fingerprint density at radius 3 is 2.62 bits per heavy atom. The molecule has 6 heteroatoms. The van der Waals surface area contributed by atoms with Crippen LogP contribution < -0.4 is 0 Å². The first-order valence-electron chi connectivity index (χ1n) is 3.96. The van der Waals surface area contributed by atoms with Crippen LogP contribution in [0.4, 0.5) is 0 Å². The van der Waals surface area contributed by atoms with Crippen LogP contribution in [0.2, 0.25) is 0 Å². The summed E-state index contributed by atoms with van der Waals surface area (Å²) in [5.74, 6) is 0.447. The third kappa shape index (κ3) is 2.80. The first kappa shape index (κ1) is 10.2. The molecule has 0 unspecified atom stereocenters. The Morgan fingerprint density at radius 2 is 2.15 bits per heavy atom. The van der Waals surface area contributed by atoms with Gasteiger partial charge in [-0.15, -0.1) is 0 Å². The molecule has 0 aromatic carbocycles. The van der Waals surface area contributed by atoms with Gasteiger partial charge in [0.05, 0.1) is 0 Å². The van der Waals surface area contributed by atoms with Crippen LogP contribution >= 0.6 is 0 Å². The molecule has 0 atom stereocenters. The predicted molar refractivity (Wildman–Crippen MR) is 49.0 cm³/mol. The summed E-state index contributed by atoms with van der Waals surface area (Å²) in [4.78, 5) is 3.90. The van der Waals surface area contributed by atoms with Gasteiger partial charge in [0.2, 0.25) is 0 Å². The van der Waals surface area contributed by atoms with Gasteiger partial charge in [0.15, 0.2) is 9.84 Å². The van der Waals surface area contributed by atoms with Crippen LogP contribution in [0.15, 0.2) is 6.33 Å². The molecule has 74 valence electrons. The van der Waals surface area contributed by atoms with E-state index >= 15 is 0 Å². The SMILES string of the molecule is CC(C)n1ncnc1CS(C)(=O)=O. The number of aromatic nitrogens is 3. The highest BCUT2D eigenvalue weighted by Gasteiger charge is 2.12. The molecule has 0 fully saturated rings. The molecule has 1 rings (SSSR count). The van der Waals surface area contributed by atoms with Crippen molar-refractivity contribution >= 4 is 9.84 Å². The maximum Gasteiger partial charge on any atom is 0.154 e. The number of sulfone groups is 1. The van der Waals surface area contributed by atoms with Crippen LogP contribution in [0.25, 0.3) is 0 Å². The van der Waals surface area contributed by atoms with Gasteiger partial charge in [-0.1, -0.05) is 0 Å². The van der Waals surface area contributed by atoms with Gasteiger partial charge in [0, 0.05) is 12.3 Å². The lowest BCUT2D eigenvalue weighted by molar-refractivity contribution is 0.511. The van der Waals surface area contributed by atoms with Gasteiger partial charge in [0.25, 0.3) is 0 Å². The minimum Gasteiger partial charge on any atom is -0.247 e. The third-order valence-electron chi connectivity index (χ3n) is 1.53. The van der Waals surface area contributed by atoms with Crippen molar-refractivity contribution in [1.29, 1.82) is 0 Å². The molecule has 0 saturated carbocycles. The Morgan fingerprint density at radius 1 is 1.54 bits per heavy atom. The molecular formula is C7H13N3O2S. The van der Waals surface area contributed by atoms with Crippen LogP contribution in [0.5, 0.6) is 0 Å². The Labute approximate surface area is 77.7 Å². The van der Waals surface area contributed by atoms with Crippen LogP contribution in [-0.2, 0) is 15.6 Å². The van der Waals surface area contributed by atoms with E-state index in [1.165, 1.54) is 12.6 Å². The van der Waals surface area contributed by atoms with Gasteiger partial charge in [0.1, 0.15) is 17.9 Å². The Bertz CT molecular complexity index is 380. The molecule has 0 amide bonds. The van der Waals surface area contributed by atoms with E-state index in [1.54, 1.807) is 4.68 Å². The topological polar surface area (TPSA) is 64.8 Å². The smallest absolute Gasteiger partial charge is 0.154 e. The van der Waals surface area contributed by atoms with Gasteiger partial charge < -0.3 is 0 Å². The summed E-state index contributed by atoms with van der Waals surface area (Å²) in [5.41, 5.74) is 0. The summed E-state index contributed by atoms with van der Waals surface area (Å²) in [6, 6.07) is 0.138. The summed E-state index contributed by atoms with van der Waals surface area (Å²) in [6.45, 7) is 3.86. The molecule has 5 nitrogen and oxygen atoms in total. The zero-order valence-corrected chi connectivity index (χ0v) is 8.74. The molecule has 1 aromatic rings. The molecule has 0 spiro atoms. The average molecular weight is 203 g/mol. The zero-order chi connectivity index (χ0) is 10.1. The largest absolute Gasteiger partial charge is 0.247 e. The summed E-state index contributed by atoms with van der Waals surface area (Å²) in [7, 11) is -3.03. The molecule has 1 heterocycles. The van der Waals surface area contributed by atoms with Crippen molar-refractivity contribution in [2.45, 2.75) is 25.6 Å². The van der Waals surface area contributed by atoms with Gasteiger partial charge in [-0.25, -0.2) is 18.1 Å². The van der Waals surface area contributed by atoms with Gasteiger partial charge in [-0.05, 0) is 13.8 Å². The maximum absolute atomic E-state index is 11.0. The number of hydrogen-bond donors (Lipinski definition) is 0. The van der Waals surface area contributed by atoms with E-state index in [9.17, 15) is 8.42 Å². The number of hydrogen-bond acceptors (Lipinski definition) is 4. The van der Waals surface area contributed by atoms with Crippen molar-refractivity contribution in [3.63, 3.8) is 0 Å². The van der Waals surface area contributed by atoms with Gasteiger partial charge in [-0.3, -0.25) is 0 Å². The van der Waals surface area contributed by atoms with E-state index in [-0.39, 0.29) is 11.8 Å². The highest BCUT2D eigenvalue weighted by Crippen LogP contribution is 2.07. The first-order valence-corrected chi connectivity index (χ1v) is 6.02. The Kier molecular flexibility index (Phi) is 2.70. The second-order valence-corrected chi connectivity index (χ2v) is 5.42. The number of rotatable bonds is 3. The summed E-state index contributed by atoms with van der Waals surface area (Å²) in [5, 5.41) is 3.94. The highest BCUT2D eigenvalue weighted by atomic mass is 32.2. The molecule has 0 aliphatic heterocycles. The average Bonchev–Trinajstić information content (AvgIpc) is 2.31. The second kappa shape index (κ2) is 3.45. The normalized spacial score (nSPS) is 12.3. The zero-order valence-electron chi connectivity index (χ0n) is 7.93. The lowest BCUT2D eigenvalue weighted by Gasteiger charge is -2.07. The van der Waals surface area contributed by atoms with E-state index in [0.717, 1.165) is 0 Å². The van der Waals surface area contributed by atoms with Crippen molar-refractivity contribution in [2.24, 2.45) is 0 Å². The van der Waals surface area contributed by atoms with Crippen molar-refractivity contribution < 1.29 is 8.42 Å². The Hall–Kier alpha value is -0.910. The lowest BCUT2D eigenvalue weighted by atomic mass is 10.4. The van der Waals surface area contributed by atoms with E-state index in [1.807, 2.05) is 13.8 Å². The number of nitrogens with zero attached hydrogens (tertiary/aromatic N) is 3. The molecule has 13 heavy (non-hydrogen) atoms. The van der Waals surface area contributed by atoms with Gasteiger partial charge >= 0.3 is 0 Å². The molecule has 0 bridgehead atoms. The summed E-state index contributed by atoms with van der Waals surface area (Å²) < 4.78 is 23.6. The first-order chi connectivity index (χ1) is 5.90. The molecule has 0 radical (unpaired) electrons. The van der Waals surface area contributed by atoms with E-state index in [4.69, 9.17) is 0 Å². The third-order valence-corrected chi connectivity index (χ3v) is 2.31. The fraction of sp³-hybridized carbons (Fsp3) is 0.714. The fourth-order valence-corrected chi connectivity index (χ4v) is 1.72. The molecule has 0 saturated heterocycles. The fourth-order valence-electron chi connectivity index (χ4n) is 1.04. The van der Waals surface area contributed by atoms with Crippen LogP contribution in [0, 0.1) is 0 Å². The minimum absolute atomic E-state index is 0.0504. The second-order valence-electron chi connectivity index (χ2n) is 3.28. The van der Waals surface area contributed by atoms with Crippen molar-refractivity contribution in [3.05, 3.63) is 12.2 Å². The van der Waals surface area contributed by atoms with Crippen molar-refractivity contribution in [2.75, 3.05) is 6.26 Å². The molecule has 0 aliphatic carbocycles. The summed E-state index contributed by atoms with van der Waals surface area (Å²) >= 11 is 0. The van der Waals surface area contributed by atoms with E-state index in [0.29, 0.717) is 5.82 Å². The van der Waals surface area contributed by atoms with Crippen molar-refractivity contribution in [1.82, 2.24) is 14.8 Å². The minimum atomic E-state index is -3.03. The molecule has 1 aromatic heterocycles. The quantitative estimate of drug-likeness (QED) is 0.713. The maximum atomic E-state index is 11.0. The molecule has 0 aliphatic rings. The Balaban J connectivity index is 2.96. The highest BCUT2D eigenvalue weighted by molar-refractivity contribution is 7.89. The van der Waals surface area contributed by atoms with E-state index < -0.39 is 9.84 Å². The summed E-state index contributed by atoms with van der Waals surface area (Å²) in [6.07, 6.45) is 2.56. The van der Waals surface area contributed by atoms with Crippen molar-refractivity contribution in [3.8, 4) is 0 Å². The molecule has 0 N–H and O–H groups in total. The van der Waals surface area contributed by atoms with E-state index in [2.05, 4.69) is 10.1 Å².